The maximum Gasteiger partial charge on any atom is 0.329 e. The van der Waals surface area contributed by atoms with Crippen molar-refractivity contribution < 1.29 is 28.9 Å². The zero-order valence-electron chi connectivity index (χ0n) is 13.6. The second-order valence-electron chi connectivity index (χ2n) is 5.27. The number of benzene rings is 1. The molecule has 0 aliphatic heterocycles. The summed E-state index contributed by atoms with van der Waals surface area (Å²) in [6, 6.07) is 4.94. The zero-order chi connectivity index (χ0) is 17.2. The molecule has 1 aromatic rings. The van der Waals surface area contributed by atoms with E-state index in [1.807, 2.05) is 13.8 Å². The summed E-state index contributed by atoms with van der Waals surface area (Å²) in [7, 11) is 1.51. The van der Waals surface area contributed by atoms with E-state index >= 15 is 0 Å². The van der Waals surface area contributed by atoms with Crippen molar-refractivity contribution in [3.05, 3.63) is 23.8 Å². The Balaban J connectivity index is 2.55. The van der Waals surface area contributed by atoms with Crippen LogP contribution in [0.5, 0.6) is 11.5 Å². The number of carboxylic acids is 1. The third-order valence-corrected chi connectivity index (χ3v) is 2.76. The zero-order valence-corrected chi connectivity index (χ0v) is 13.6. The van der Waals surface area contributed by atoms with Crippen LogP contribution >= 0.6 is 0 Å². The highest BCUT2D eigenvalue weighted by atomic mass is 16.5. The van der Waals surface area contributed by atoms with E-state index in [0.29, 0.717) is 29.6 Å². The fourth-order valence-corrected chi connectivity index (χ4v) is 1.68. The van der Waals surface area contributed by atoms with Crippen LogP contribution in [0.3, 0.4) is 0 Å². The average Bonchev–Trinajstić information content (AvgIpc) is 2.51. The van der Waals surface area contributed by atoms with Gasteiger partial charge >= 0.3 is 5.97 Å². The number of nitrogens with one attached hydrogen (secondary N) is 1. The van der Waals surface area contributed by atoms with E-state index in [9.17, 15) is 9.59 Å². The van der Waals surface area contributed by atoms with Crippen molar-refractivity contribution >= 4 is 11.9 Å². The van der Waals surface area contributed by atoms with Crippen molar-refractivity contribution in [1.29, 1.82) is 0 Å². The second-order valence-corrected chi connectivity index (χ2v) is 5.27. The van der Waals surface area contributed by atoms with Crippen molar-refractivity contribution in [1.82, 2.24) is 5.32 Å². The SMILES string of the molecule is COc1cc(C(=O)NCCOCC(=O)O)ccc1OCC(C)C. The predicted octanol–water partition coefficient (Wildman–Crippen LogP) is 1.56. The first-order chi connectivity index (χ1) is 10.9. The van der Waals surface area contributed by atoms with Crippen LogP contribution < -0.4 is 14.8 Å². The van der Waals surface area contributed by atoms with Gasteiger partial charge in [-0.2, -0.15) is 0 Å². The number of aliphatic carboxylic acids is 1. The quantitative estimate of drug-likeness (QED) is 0.634. The van der Waals surface area contributed by atoms with Gasteiger partial charge in [-0.25, -0.2) is 4.79 Å². The molecule has 7 heteroatoms. The third kappa shape index (κ3) is 7.01. The highest BCUT2D eigenvalue weighted by molar-refractivity contribution is 5.94. The molecule has 0 fully saturated rings. The number of hydrogen-bond donors (Lipinski definition) is 2. The molecule has 0 heterocycles. The van der Waals surface area contributed by atoms with Crippen molar-refractivity contribution in [2.24, 2.45) is 5.92 Å². The standard InChI is InChI=1S/C16H23NO6/c1-11(2)9-23-13-5-4-12(8-14(13)21-3)16(20)17-6-7-22-10-15(18)19/h4-5,8,11H,6-7,9-10H2,1-3H3,(H,17,20)(H,18,19). The Morgan fingerprint density at radius 3 is 2.61 bits per heavy atom. The number of amides is 1. The summed E-state index contributed by atoms with van der Waals surface area (Å²) in [6.07, 6.45) is 0. The Labute approximate surface area is 135 Å². The van der Waals surface area contributed by atoms with Gasteiger partial charge in [-0.15, -0.1) is 0 Å². The number of carboxylic acid groups (broad SMARTS) is 1. The number of hydrogen-bond acceptors (Lipinski definition) is 5. The van der Waals surface area contributed by atoms with Gasteiger partial charge in [-0.3, -0.25) is 4.79 Å². The smallest absolute Gasteiger partial charge is 0.329 e. The molecule has 128 valence electrons. The number of ether oxygens (including phenoxy) is 3. The molecule has 1 aromatic carbocycles. The Morgan fingerprint density at radius 1 is 1.26 bits per heavy atom. The second kappa shape index (κ2) is 9.68. The lowest BCUT2D eigenvalue weighted by molar-refractivity contribution is -0.142. The lowest BCUT2D eigenvalue weighted by Gasteiger charge is -2.13. The first kappa shape index (κ1) is 18.8. The van der Waals surface area contributed by atoms with Gasteiger partial charge in [0.2, 0.25) is 0 Å². The molecule has 2 N–H and O–H groups in total. The fraction of sp³-hybridized carbons (Fsp3) is 0.500. The largest absolute Gasteiger partial charge is 0.493 e. The van der Waals surface area contributed by atoms with E-state index in [0.717, 1.165) is 0 Å². The van der Waals surface area contributed by atoms with Crippen LogP contribution in [0, 0.1) is 5.92 Å². The normalized spacial score (nSPS) is 10.4. The van der Waals surface area contributed by atoms with E-state index in [-0.39, 0.29) is 25.7 Å². The lowest BCUT2D eigenvalue weighted by Crippen LogP contribution is -2.28. The monoisotopic (exact) mass is 325 g/mol. The first-order valence-corrected chi connectivity index (χ1v) is 7.32. The van der Waals surface area contributed by atoms with Crippen molar-refractivity contribution in [3.63, 3.8) is 0 Å². The van der Waals surface area contributed by atoms with Crippen LogP contribution in [0.25, 0.3) is 0 Å². The Bertz CT molecular complexity index is 529. The summed E-state index contributed by atoms with van der Waals surface area (Å²) in [4.78, 5) is 22.3. The summed E-state index contributed by atoms with van der Waals surface area (Å²) >= 11 is 0. The highest BCUT2D eigenvalue weighted by Gasteiger charge is 2.11. The summed E-state index contributed by atoms with van der Waals surface area (Å²) < 4.78 is 15.7. The molecular formula is C16H23NO6. The molecule has 0 saturated heterocycles. The number of methoxy groups -OCH3 is 1. The van der Waals surface area contributed by atoms with Gasteiger partial charge in [0.05, 0.1) is 20.3 Å². The summed E-state index contributed by atoms with van der Waals surface area (Å²) in [5, 5.41) is 11.1. The van der Waals surface area contributed by atoms with Gasteiger partial charge in [0.1, 0.15) is 6.61 Å². The minimum atomic E-state index is -1.04. The lowest BCUT2D eigenvalue weighted by atomic mass is 10.2. The fourth-order valence-electron chi connectivity index (χ4n) is 1.68. The summed E-state index contributed by atoms with van der Waals surface area (Å²) in [6.45, 7) is 4.61. The van der Waals surface area contributed by atoms with E-state index in [4.69, 9.17) is 19.3 Å². The van der Waals surface area contributed by atoms with E-state index in [1.54, 1.807) is 18.2 Å². The van der Waals surface area contributed by atoms with Gasteiger partial charge in [-0.1, -0.05) is 13.8 Å². The Kier molecular flexibility index (Phi) is 7.90. The van der Waals surface area contributed by atoms with Crippen molar-refractivity contribution in [2.75, 3.05) is 33.5 Å². The molecule has 0 bridgehead atoms. The van der Waals surface area contributed by atoms with E-state index < -0.39 is 5.97 Å². The molecule has 0 radical (unpaired) electrons. The summed E-state index contributed by atoms with van der Waals surface area (Å²) in [5.74, 6) is 0.118. The minimum absolute atomic E-state index is 0.130. The Hall–Kier alpha value is -2.28. The van der Waals surface area contributed by atoms with Crippen molar-refractivity contribution in [2.45, 2.75) is 13.8 Å². The van der Waals surface area contributed by atoms with Crippen LogP contribution in [-0.2, 0) is 9.53 Å². The van der Waals surface area contributed by atoms with Crippen LogP contribution in [0.4, 0.5) is 0 Å². The minimum Gasteiger partial charge on any atom is -0.493 e. The molecule has 23 heavy (non-hydrogen) atoms. The van der Waals surface area contributed by atoms with Gasteiger partial charge in [-0.05, 0) is 24.1 Å². The van der Waals surface area contributed by atoms with Crippen LogP contribution in [-0.4, -0.2) is 50.5 Å². The third-order valence-electron chi connectivity index (χ3n) is 2.76. The number of carbonyl (C=O) groups excluding carboxylic acids is 1. The maximum atomic E-state index is 12.0. The maximum absolute atomic E-state index is 12.0. The molecule has 0 atom stereocenters. The van der Waals surface area contributed by atoms with E-state index in [2.05, 4.69) is 5.32 Å². The molecule has 7 nitrogen and oxygen atoms in total. The molecule has 1 rings (SSSR count). The van der Waals surface area contributed by atoms with Crippen LogP contribution in [0.1, 0.15) is 24.2 Å². The molecule has 0 aliphatic rings. The van der Waals surface area contributed by atoms with Crippen LogP contribution in [0.15, 0.2) is 18.2 Å². The molecule has 0 unspecified atom stereocenters. The average molecular weight is 325 g/mol. The molecule has 0 aliphatic carbocycles. The topological polar surface area (TPSA) is 94.1 Å². The number of carbonyl (C=O) groups is 2. The molecule has 0 saturated carbocycles. The molecule has 0 aromatic heterocycles. The van der Waals surface area contributed by atoms with Crippen LogP contribution in [0.2, 0.25) is 0 Å². The molecular weight excluding hydrogens is 302 g/mol. The van der Waals surface area contributed by atoms with Gasteiger partial charge < -0.3 is 24.6 Å². The summed E-state index contributed by atoms with van der Waals surface area (Å²) in [5.41, 5.74) is 0.428. The number of rotatable bonds is 10. The van der Waals surface area contributed by atoms with E-state index in [1.165, 1.54) is 7.11 Å². The first-order valence-electron chi connectivity index (χ1n) is 7.32. The van der Waals surface area contributed by atoms with Crippen molar-refractivity contribution in [3.8, 4) is 11.5 Å². The predicted molar refractivity (Wildman–Crippen MR) is 84.1 cm³/mol. The Morgan fingerprint density at radius 2 is 2.00 bits per heavy atom. The van der Waals surface area contributed by atoms with Gasteiger partial charge in [0.25, 0.3) is 5.91 Å². The van der Waals surface area contributed by atoms with Gasteiger partial charge in [0.15, 0.2) is 11.5 Å². The molecule has 1 amide bonds. The van der Waals surface area contributed by atoms with Gasteiger partial charge in [0, 0.05) is 12.1 Å². The molecule has 0 spiro atoms. The highest BCUT2D eigenvalue weighted by Crippen LogP contribution is 2.28.